The Labute approximate surface area is 103 Å². The van der Waals surface area contributed by atoms with E-state index in [4.69, 9.17) is 11.6 Å². The van der Waals surface area contributed by atoms with Crippen LogP contribution < -0.4 is 10.4 Å². The molecule has 2 rings (SSSR count). The number of aromatic nitrogens is 1. The summed E-state index contributed by atoms with van der Waals surface area (Å²) in [6, 6.07) is 10.2. The minimum absolute atomic E-state index is 0.0368. The Kier molecular flexibility index (Phi) is 3.25. The molecule has 0 saturated heterocycles. The van der Waals surface area contributed by atoms with Gasteiger partial charge in [0.1, 0.15) is 5.82 Å². The molecule has 0 bridgehead atoms. The van der Waals surface area contributed by atoms with Crippen LogP contribution in [0.4, 0.5) is 11.5 Å². The van der Waals surface area contributed by atoms with E-state index in [1.165, 1.54) is 12.3 Å². The van der Waals surface area contributed by atoms with Crippen LogP contribution in [0.3, 0.4) is 0 Å². The summed E-state index contributed by atoms with van der Waals surface area (Å²) >= 11 is 5.96. The lowest BCUT2D eigenvalue weighted by molar-refractivity contribution is -0.255. The standard InChI is InChI=1S/C12H9ClN2O2/c13-9-3-1-2-4-10(9)15-11-6-5-8(7-14-11)12(16)17/h1-7H,(H,14,15)(H,16,17)/p-1. The van der Waals surface area contributed by atoms with Crippen LogP contribution in [0.5, 0.6) is 0 Å². The van der Waals surface area contributed by atoms with Crippen molar-refractivity contribution in [3.63, 3.8) is 0 Å². The zero-order chi connectivity index (χ0) is 12.3. The molecule has 0 aliphatic heterocycles. The van der Waals surface area contributed by atoms with Crippen LogP contribution in [0.15, 0.2) is 42.6 Å². The molecule has 0 saturated carbocycles. The maximum absolute atomic E-state index is 10.5. The van der Waals surface area contributed by atoms with Gasteiger partial charge < -0.3 is 15.2 Å². The Bertz CT molecular complexity index is 540. The average molecular weight is 248 g/mol. The van der Waals surface area contributed by atoms with Gasteiger partial charge in [0.05, 0.1) is 16.7 Å². The molecule has 0 amide bonds. The van der Waals surface area contributed by atoms with Crippen molar-refractivity contribution < 1.29 is 9.90 Å². The first-order valence-electron chi connectivity index (χ1n) is 4.86. The molecule has 1 aromatic carbocycles. The number of halogens is 1. The first-order chi connectivity index (χ1) is 8.16. The van der Waals surface area contributed by atoms with E-state index in [0.29, 0.717) is 16.5 Å². The quantitative estimate of drug-likeness (QED) is 0.899. The first-order valence-corrected chi connectivity index (χ1v) is 5.23. The van der Waals surface area contributed by atoms with Crippen molar-refractivity contribution in [2.45, 2.75) is 0 Å². The van der Waals surface area contributed by atoms with E-state index < -0.39 is 5.97 Å². The summed E-state index contributed by atoms with van der Waals surface area (Å²) in [5.41, 5.74) is 0.748. The number of rotatable bonds is 3. The number of aromatic carboxylic acids is 1. The lowest BCUT2D eigenvalue weighted by Crippen LogP contribution is -2.22. The molecule has 0 unspecified atom stereocenters. The fraction of sp³-hybridized carbons (Fsp3) is 0. The number of nitrogens with zero attached hydrogens (tertiary/aromatic N) is 1. The third-order valence-corrected chi connectivity index (χ3v) is 2.47. The number of carboxylic acid groups (broad SMARTS) is 1. The van der Waals surface area contributed by atoms with Gasteiger partial charge in [-0.2, -0.15) is 0 Å². The molecular weight excluding hydrogens is 240 g/mol. The van der Waals surface area contributed by atoms with Gasteiger partial charge in [0.2, 0.25) is 0 Å². The molecule has 0 aliphatic rings. The van der Waals surface area contributed by atoms with Crippen molar-refractivity contribution in [2.75, 3.05) is 5.32 Å². The summed E-state index contributed by atoms with van der Waals surface area (Å²) in [5.74, 6) is -0.732. The number of carboxylic acids is 1. The van der Waals surface area contributed by atoms with Gasteiger partial charge in [0.25, 0.3) is 0 Å². The third kappa shape index (κ3) is 2.73. The Morgan fingerprint density at radius 1 is 1.24 bits per heavy atom. The van der Waals surface area contributed by atoms with Crippen molar-refractivity contribution in [1.82, 2.24) is 4.98 Å². The number of para-hydroxylation sites is 1. The zero-order valence-corrected chi connectivity index (χ0v) is 9.44. The number of pyridine rings is 1. The van der Waals surface area contributed by atoms with Crippen LogP contribution in [0.2, 0.25) is 5.02 Å². The van der Waals surface area contributed by atoms with E-state index in [0.717, 1.165) is 0 Å². The summed E-state index contributed by atoms with van der Waals surface area (Å²) < 4.78 is 0. The summed E-state index contributed by atoms with van der Waals surface area (Å²) in [7, 11) is 0. The van der Waals surface area contributed by atoms with Crippen molar-refractivity contribution in [3.05, 3.63) is 53.2 Å². The molecule has 1 heterocycles. The maximum Gasteiger partial charge on any atom is 0.130 e. The second-order valence-corrected chi connectivity index (χ2v) is 3.73. The zero-order valence-electron chi connectivity index (χ0n) is 8.68. The topological polar surface area (TPSA) is 65.0 Å². The monoisotopic (exact) mass is 247 g/mol. The molecule has 5 heteroatoms. The predicted molar refractivity (Wildman–Crippen MR) is 63.3 cm³/mol. The molecule has 17 heavy (non-hydrogen) atoms. The van der Waals surface area contributed by atoms with Gasteiger partial charge in [-0.25, -0.2) is 4.98 Å². The minimum atomic E-state index is -1.25. The lowest BCUT2D eigenvalue weighted by atomic mass is 10.3. The Morgan fingerprint density at radius 3 is 2.59 bits per heavy atom. The first kappa shape index (κ1) is 11.4. The molecular formula is C12H8ClN2O2-. The lowest BCUT2D eigenvalue weighted by Gasteiger charge is -2.08. The SMILES string of the molecule is O=C([O-])c1ccc(Nc2ccccc2Cl)nc1. The van der Waals surface area contributed by atoms with Gasteiger partial charge in [0, 0.05) is 11.8 Å². The highest BCUT2D eigenvalue weighted by Crippen LogP contribution is 2.23. The molecule has 1 aromatic heterocycles. The van der Waals surface area contributed by atoms with E-state index in [-0.39, 0.29) is 5.56 Å². The van der Waals surface area contributed by atoms with E-state index in [2.05, 4.69) is 10.3 Å². The molecule has 0 radical (unpaired) electrons. The number of benzene rings is 1. The smallest absolute Gasteiger partial charge is 0.130 e. The van der Waals surface area contributed by atoms with E-state index in [1.807, 2.05) is 12.1 Å². The highest BCUT2D eigenvalue weighted by atomic mass is 35.5. The van der Waals surface area contributed by atoms with E-state index >= 15 is 0 Å². The van der Waals surface area contributed by atoms with Crippen molar-refractivity contribution in [2.24, 2.45) is 0 Å². The van der Waals surface area contributed by atoms with Gasteiger partial charge in [-0.3, -0.25) is 0 Å². The summed E-state index contributed by atoms with van der Waals surface area (Å²) in [6.07, 6.45) is 1.23. The fourth-order valence-electron chi connectivity index (χ4n) is 1.29. The van der Waals surface area contributed by atoms with Gasteiger partial charge in [-0.05, 0) is 24.3 Å². The van der Waals surface area contributed by atoms with E-state index in [9.17, 15) is 9.90 Å². The highest BCUT2D eigenvalue weighted by molar-refractivity contribution is 6.33. The predicted octanol–water partition coefficient (Wildman–Crippen LogP) is 1.84. The molecule has 2 aromatic rings. The highest BCUT2D eigenvalue weighted by Gasteiger charge is 2.00. The molecule has 4 nitrogen and oxygen atoms in total. The number of hydrogen-bond acceptors (Lipinski definition) is 4. The number of hydrogen-bond donors (Lipinski definition) is 1. The minimum Gasteiger partial charge on any atom is -0.545 e. The fourth-order valence-corrected chi connectivity index (χ4v) is 1.47. The van der Waals surface area contributed by atoms with Crippen LogP contribution in [-0.2, 0) is 0 Å². The summed E-state index contributed by atoms with van der Waals surface area (Å²) in [6.45, 7) is 0. The van der Waals surface area contributed by atoms with Crippen LogP contribution in [0, 0.1) is 0 Å². The van der Waals surface area contributed by atoms with Gasteiger partial charge >= 0.3 is 0 Å². The Hall–Kier alpha value is -2.07. The maximum atomic E-state index is 10.5. The van der Waals surface area contributed by atoms with Crippen molar-refractivity contribution in [3.8, 4) is 0 Å². The molecule has 86 valence electrons. The average Bonchev–Trinajstić information content (AvgIpc) is 2.33. The number of anilines is 2. The number of carbonyl (C=O) groups excluding carboxylic acids is 1. The summed E-state index contributed by atoms with van der Waals surface area (Å²) in [4.78, 5) is 14.5. The van der Waals surface area contributed by atoms with Crippen molar-refractivity contribution in [1.29, 1.82) is 0 Å². The molecule has 1 N–H and O–H groups in total. The summed E-state index contributed by atoms with van der Waals surface area (Å²) in [5, 5.41) is 14.1. The number of carbonyl (C=O) groups is 1. The normalized spacial score (nSPS) is 9.94. The van der Waals surface area contributed by atoms with Crippen LogP contribution >= 0.6 is 11.6 Å². The largest absolute Gasteiger partial charge is 0.545 e. The molecule has 0 fully saturated rings. The molecule has 0 aliphatic carbocycles. The van der Waals surface area contributed by atoms with Gasteiger partial charge in [-0.15, -0.1) is 0 Å². The number of nitrogens with one attached hydrogen (secondary N) is 1. The van der Waals surface area contributed by atoms with Gasteiger partial charge in [0.15, 0.2) is 0 Å². The van der Waals surface area contributed by atoms with Crippen LogP contribution in [0.1, 0.15) is 10.4 Å². The van der Waals surface area contributed by atoms with Crippen LogP contribution in [-0.4, -0.2) is 11.0 Å². The van der Waals surface area contributed by atoms with Crippen LogP contribution in [0.25, 0.3) is 0 Å². The Morgan fingerprint density at radius 2 is 2.00 bits per heavy atom. The van der Waals surface area contributed by atoms with Gasteiger partial charge in [-0.1, -0.05) is 23.7 Å². The van der Waals surface area contributed by atoms with Crippen molar-refractivity contribution >= 4 is 29.1 Å². The molecule has 0 spiro atoms. The molecule has 0 atom stereocenters. The second-order valence-electron chi connectivity index (χ2n) is 3.32. The second kappa shape index (κ2) is 4.84. The van der Waals surface area contributed by atoms with E-state index in [1.54, 1.807) is 18.2 Å². The Balaban J connectivity index is 2.20. The third-order valence-electron chi connectivity index (χ3n) is 2.14.